The number of carbonyl (C=O) groups is 2. The number of carbonyl (C=O) groups excluding carboxylic acids is 2. The molecule has 0 bridgehead atoms. The summed E-state index contributed by atoms with van der Waals surface area (Å²) >= 11 is 7.31. The fourth-order valence-electron chi connectivity index (χ4n) is 2.67. The molecule has 1 aromatic heterocycles. The Kier molecular flexibility index (Phi) is 5.16. The summed E-state index contributed by atoms with van der Waals surface area (Å²) in [5.41, 5.74) is 1.53. The first-order valence-electron chi connectivity index (χ1n) is 7.84. The standard InChI is InChI=1S/C17H18ClN3O2S/c1-11-15(16(23)19-10-14(22)21-7-2-3-8-21)24-17(20-11)12-5-4-6-13(18)9-12/h4-6,9H,2-3,7-8,10H2,1H3,(H,19,23). The van der Waals surface area contributed by atoms with Gasteiger partial charge in [0.1, 0.15) is 9.88 Å². The quantitative estimate of drug-likeness (QED) is 0.907. The second kappa shape index (κ2) is 7.32. The van der Waals surface area contributed by atoms with Gasteiger partial charge in [-0.3, -0.25) is 9.59 Å². The van der Waals surface area contributed by atoms with Crippen LogP contribution in [0.5, 0.6) is 0 Å². The van der Waals surface area contributed by atoms with E-state index in [1.807, 2.05) is 18.2 Å². The molecule has 0 spiro atoms. The van der Waals surface area contributed by atoms with Crippen molar-refractivity contribution in [2.75, 3.05) is 19.6 Å². The van der Waals surface area contributed by atoms with Crippen molar-refractivity contribution in [1.29, 1.82) is 0 Å². The molecule has 7 heteroatoms. The summed E-state index contributed by atoms with van der Waals surface area (Å²) in [5, 5.41) is 4.08. The Morgan fingerprint density at radius 3 is 2.79 bits per heavy atom. The minimum absolute atomic E-state index is 0.0296. The van der Waals surface area contributed by atoms with Crippen LogP contribution in [-0.4, -0.2) is 41.3 Å². The highest BCUT2D eigenvalue weighted by atomic mass is 35.5. The van der Waals surface area contributed by atoms with Gasteiger partial charge in [0.25, 0.3) is 5.91 Å². The van der Waals surface area contributed by atoms with Gasteiger partial charge in [0, 0.05) is 23.7 Å². The van der Waals surface area contributed by atoms with Crippen LogP contribution in [0.2, 0.25) is 5.02 Å². The average molecular weight is 364 g/mol. The zero-order chi connectivity index (χ0) is 17.1. The molecule has 1 aliphatic heterocycles. The van der Waals surface area contributed by atoms with E-state index in [0.29, 0.717) is 15.6 Å². The Morgan fingerprint density at radius 2 is 2.08 bits per heavy atom. The van der Waals surface area contributed by atoms with Crippen molar-refractivity contribution < 1.29 is 9.59 Å². The topological polar surface area (TPSA) is 62.3 Å². The van der Waals surface area contributed by atoms with Gasteiger partial charge in [0.05, 0.1) is 12.2 Å². The number of halogens is 1. The van der Waals surface area contributed by atoms with Crippen molar-refractivity contribution >= 4 is 34.8 Å². The van der Waals surface area contributed by atoms with Gasteiger partial charge < -0.3 is 10.2 Å². The van der Waals surface area contributed by atoms with Gasteiger partial charge in [0.2, 0.25) is 5.91 Å². The predicted molar refractivity (Wildman–Crippen MR) is 95.4 cm³/mol. The lowest BCUT2D eigenvalue weighted by molar-refractivity contribution is -0.129. The van der Waals surface area contributed by atoms with E-state index in [4.69, 9.17) is 11.6 Å². The first-order valence-corrected chi connectivity index (χ1v) is 9.03. The summed E-state index contributed by atoms with van der Waals surface area (Å²) in [6.07, 6.45) is 2.08. The molecule has 0 unspecified atom stereocenters. The molecule has 0 saturated carbocycles. The van der Waals surface area contributed by atoms with E-state index < -0.39 is 0 Å². The van der Waals surface area contributed by atoms with E-state index in [2.05, 4.69) is 10.3 Å². The first kappa shape index (κ1) is 16.9. The van der Waals surface area contributed by atoms with E-state index in [-0.39, 0.29) is 18.4 Å². The zero-order valence-corrected chi connectivity index (χ0v) is 14.9. The highest BCUT2D eigenvalue weighted by molar-refractivity contribution is 7.17. The van der Waals surface area contributed by atoms with E-state index in [0.717, 1.165) is 36.5 Å². The maximum Gasteiger partial charge on any atom is 0.263 e. The maximum absolute atomic E-state index is 12.4. The third kappa shape index (κ3) is 3.76. The first-order chi connectivity index (χ1) is 11.5. The number of amides is 2. The van der Waals surface area contributed by atoms with Crippen molar-refractivity contribution in [3.05, 3.63) is 39.9 Å². The van der Waals surface area contributed by atoms with Crippen LogP contribution in [0.25, 0.3) is 10.6 Å². The molecule has 0 radical (unpaired) electrons. The summed E-state index contributed by atoms with van der Waals surface area (Å²) in [7, 11) is 0. The monoisotopic (exact) mass is 363 g/mol. The summed E-state index contributed by atoms with van der Waals surface area (Å²) in [4.78, 5) is 31.1. The number of aryl methyl sites for hydroxylation is 1. The summed E-state index contributed by atoms with van der Waals surface area (Å²) in [6, 6.07) is 7.37. The van der Waals surface area contributed by atoms with Gasteiger partial charge >= 0.3 is 0 Å². The van der Waals surface area contributed by atoms with Gasteiger partial charge in [-0.1, -0.05) is 23.7 Å². The number of hydrogen-bond donors (Lipinski definition) is 1. The van der Waals surface area contributed by atoms with E-state index >= 15 is 0 Å². The van der Waals surface area contributed by atoms with Gasteiger partial charge in [-0.2, -0.15) is 0 Å². The SMILES string of the molecule is Cc1nc(-c2cccc(Cl)c2)sc1C(=O)NCC(=O)N1CCCC1. The predicted octanol–water partition coefficient (Wildman–Crippen LogP) is 3.12. The average Bonchev–Trinajstić information content (AvgIpc) is 3.22. The molecule has 1 fully saturated rings. The molecule has 1 aromatic carbocycles. The molecule has 0 atom stereocenters. The molecule has 1 N–H and O–H groups in total. The van der Waals surface area contributed by atoms with Crippen LogP contribution >= 0.6 is 22.9 Å². The fourth-order valence-corrected chi connectivity index (χ4v) is 3.84. The van der Waals surface area contributed by atoms with Crippen LogP contribution in [0.3, 0.4) is 0 Å². The van der Waals surface area contributed by atoms with Crippen molar-refractivity contribution in [3.8, 4) is 10.6 Å². The van der Waals surface area contributed by atoms with Gasteiger partial charge in [-0.15, -0.1) is 11.3 Å². The molecular weight excluding hydrogens is 346 g/mol. The van der Waals surface area contributed by atoms with E-state index in [9.17, 15) is 9.59 Å². The lowest BCUT2D eigenvalue weighted by atomic mass is 10.2. The zero-order valence-electron chi connectivity index (χ0n) is 13.3. The van der Waals surface area contributed by atoms with E-state index in [1.165, 1.54) is 11.3 Å². The number of rotatable bonds is 4. The number of thiazole rings is 1. The molecule has 126 valence electrons. The maximum atomic E-state index is 12.4. The number of hydrogen-bond acceptors (Lipinski definition) is 4. The van der Waals surface area contributed by atoms with Crippen molar-refractivity contribution in [2.45, 2.75) is 19.8 Å². The molecular formula is C17H18ClN3O2S. The number of benzene rings is 1. The summed E-state index contributed by atoms with van der Waals surface area (Å²) in [6.45, 7) is 3.39. The Bertz CT molecular complexity index is 769. The Balaban J connectivity index is 1.68. The van der Waals surface area contributed by atoms with Crippen LogP contribution in [0, 0.1) is 6.92 Å². The van der Waals surface area contributed by atoms with Crippen molar-refractivity contribution in [1.82, 2.24) is 15.2 Å². The van der Waals surface area contributed by atoms with Gasteiger partial charge in [-0.05, 0) is 31.9 Å². The fraction of sp³-hybridized carbons (Fsp3) is 0.353. The molecule has 24 heavy (non-hydrogen) atoms. The minimum atomic E-state index is -0.258. The minimum Gasteiger partial charge on any atom is -0.342 e. The molecule has 1 saturated heterocycles. The third-order valence-electron chi connectivity index (χ3n) is 3.93. The molecule has 2 amide bonds. The van der Waals surface area contributed by atoms with Crippen LogP contribution in [0.15, 0.2) is 24.3 Å². The highest BCUT2D eigenvalue weighted by Crippen LogP contribution is 2.29. The second-order valence-electron chi connectivity index (χ2n) is 5.71. The molecule has 2 heterocycles. The molecule has 5 nitrogen and oxygen atoms in total. The molecule has 1 aliphatic rings. The number of aromatic nitrogens is 1. The van der Waals surface area contributed by atoms with Gasteiger partial charge in [-0.25, -0.2) is 4.98 Å². The largest absolute Gasteiger partial charge is 0.342 e. The van der Waals surface area contributed by atoms with Crippen LogP contribution in [0.4, 0.5) is 0 Å². The summed E-state index contributed by atoms with van der Waals surface area (Å²) < 4.78 is 0. The third-order valence-corrected chi connectivity index (χ3v) is 5.37. The Hall–Kier alpha value is -1.92. The Morgan fingerprint density at radius 1 is 1.33 bits per heavy atom. The van der Waals surface area contributed by atoms with Crippen molar-refractivity contribution in [2.24, 2.45) is 0 Å². The number of nitrogens with one attached hydrogen (secondary N) is 1. The molecule has 0 aliphatic carbocycles. The number of nitrogens with zero attached hydrogens (tertiary/aromatic N) is 2. The summed E-state index contributed by atoms with van der Waals surface area (Å²) in [5.74, 6) is -0.288. The normalized spacial score (nSPS) is 14.0. The van der Waals surface area contributed by atoms with Crippen LogP contribution in [-0.2, 0) is 4.79 Å². The van der Waals surface area contributed by atoms with E-state index in [1.54, 1.807) is 17.9 Å². The van der Waals surface area contributed by atoms with Crippen LogP contribution in [0.1, 0.15) is 28.2 Å². The molecule has 2 aromatic rings. The Labute approximate surface area is 149 Å². The lowest BCUT2D eigenvalue weighted by Crippen LogP contribution is -2.38. The molecule has 3 rings (SSSR count). The smallest absolute Gasteiger partial charge is 0.263 e. The van der Waals surface area contributed by atoms with Crippen LogP contribution < -0.4 is 5.32 Å². The van der Waals surface area contributed by atoms with Crippen molar-refractivity contribution in [3.63, 3.8) is 0 Å². The second-order valence-corrected chi connectivity index (χ2v) is 7.15. The van der Waals surface area contributed by atoms with Gasteiger partial charge in [0.15, 0.2) is 0 Å². The number of likely N-dealkylation sites (tertiary alicyclic amines) is 1. The highest BCUT2D eigenvalue weighted by Gasteiger charge is 2.20. The lowest BCUT2D eigenvalue weighted by Gasteiger charge is -2.15.